The molecule has 0 atom stereocenters. The van der Waals surface area contributed by atoms with Crippen LogP contribution in [0.25, 0.3) is 0 Å². The fraction of sp³-hybridized carbons (Fsp3) is 0.538. The topological polar surface area (TPSA) is 39.2 Å². The van der Waals surface area contributed by atoms with E-state index in [1.807, 2.05) is 0 Å². The van der Waals surface area contributed by atoms with E-state index < -0.39 is 0 Å². The van der Waals surface area contributed by atoms with Gasteiger partial charge in [0.2, 0.25) is 0 Å². The average molecular weight is 221 g/mol. The number of hydrogen-bond donors (Lipinski definition) is 0. The second-order valence-corrected chi connectivity index (χ2v) is 3.85. The van der Waals surface area contributed by atoms with Crippen LogP contribution in [0.4, 0.5) is 0 Å². The number of nitrogens with zero attached hydrogens (tertiary/aromatic N) is 1. The number of rotatable bonds is 7. The molecule has 0 spiro atoms. The summed E-state index contributed by atoms with van der Waals surface area (Å²) in [5.41, 5.74) is 0.649. The third kappa shape index (κ3) is 4.01. The number of Topliss-reactive ketones (excluding diaryl/α,β-unsaturated/α-hetero) is 1. The van der Waals surface area contributed by atoms with Crippen LogP contribution in [0, 0.1) is 0 Å². The molecule has 0 aromatic carbocycles. The van der Waals surface area contributed by atoms with E-state index in [1.165, 1.54) is 12.8 Å². The van der Waals surface area contributed by atoms with Crippen LogP contribution >= 0.6 is 0 Å². The number of pyridine rings is 1. The summed E-state index contributed by atoms with van der Waals surface area (Å²) in [5, 5.41) is 0. The first-order valence-electron chi connectivity index (χ1n) is 5.80. The van der Waals surface area contributed by atoms with Gasteiger partial charge in [-0.05, 0) is 12.5 Å². The standard InChI is InChI=1S/C13H19NO2/c1-3-4-5-6-7-13(15)11-8-12(16-2)10-14-9-11/h8-10H,3-7H2,1-2H3. The Bertz CT molecular complexity index is 336. The van der Waals surface area contributed by atoms with Gasteiger partial charge in [-0.1, -0.05) is 26.2 Å². The predicted octanol–water partition coefficient (Wildman–Crippen LogP) is 3.24. The normalized spacial score (nSPS) is 10.1. The summed E-state index contributed by atoms with van der Waals surface area (Å²) in [5.74, 6) is 0.793. The van der Waals surface area contributed by atoms with Gasteiger partial charge in [0.15, 0.2) is 5.78 Å². The summed E-state index contributed by atoms with van der Waals surface area (Å²) >= 11 is 0. The monoisotopic (exact) mass is 221 g/mol. The fourth-order valence-corrected chi connectivity index (χ4v) is 1.54. The summed E-state index contributed by atoms with van der Waals surface area (Å²) < 4.78 is 5.03. The Hall–Kier alpha value is -1.38. The molecule has 0 fully saturated rings. The van der Waals surface area contributed by atoms with E-state index in [0.717, 1.165) is 12.8 Å². The first-order chi connectivity index (χ1) is 7.77. The van der Waals surface area contributed by atoms with Crippen LogP contribution in [-0.4, -0.2) is 17.9 Å². The summed E-state index contributed by atoms with van der Waals surface area (Å²) in [6.45, 7) is 2.16. The number of aromatic nitrogens is 1. The van der Waals surface area contributed by atoms with Crippen LogP contribution in [0.3, 0.4) is 0 Å². The number of methoxy groups -OCH3 is 1. The lowest BCUT2D eigenvalue weighted by Crippen LogP contribution is -2.00. The molecule has 0 unspecified atom stereocenters. The van der Waals surface area contributed by atoms with Crippen LogP contribution in [0.1, 0.15) is 49.4 Å². The number of ether oxygens (including phenoxy) is 1. The minimum atomic E-state index is 0.155. The van der Waals surface area contributed by atoms with Gasteiger partial charge in [-0.2, -0.15) is 0 Å². The van der Waals surface area contributed by atoms with E-state index in [1.54, 1.807) is 25.6 Å². The Morgan fingerprint density at radius 1 is 1.31 bits per heavy atom. The molecule has 0 amide bonds. The number of unbranched alkanes of at least 4 members (excludes halogenated alkanes) is 3. The maximum Gasteiger partial charge on any atom is 0.164 e. The van der Waals surface area contributed by atoms with Crippen molar-refractivity contribution in [2.24, 2.45) is 0 Å². The molecular weight excluding hydrogens is 202 g/mol. The molecule has 3 heteroatoms. The van der Waals surface area contributed by atoms with Crippen LogP contribution in [-0.2, 0) is 0 Å². The largest absolute Gasteiger partial charge is 0.495 e. The summed E-state index contributed by atoms with van der Waals surface area (Å²) in [4.78, 5) is 15.8. The van der Waals surface area contributed by atoms with E-state index in [2.05, 4.69) is 11.9 Å². The van der Waals surface area contributed by atoms with Crippen molar-refractivity contribution >= 4 is 5.78 Å². The predicted molar refractivity (Wildman–Crippen MR) is 63.9 cm³/mol. The fourth-order valence-electron chi connectivity index (χ4n) is 1.54. The van der Waals surface area contributed by atoms with Gasteiger partial charge in [-0.15, -0.1) is 0 Å². The zero-order chi connectivity index (χ0) is 11.8. The van der Waals surface area contributed by atoms with Gasteiger partial charge < -0.3 is 4.74 Å². The highest BCUT2D eigenvalue weighted by molar-refractivity contribution is 5.96. The maximum atomic E-state index is 11.8. The zero-order valence-electron chi connectivity index (χ0n) is 10.0. The summed E-state index contributed by atoms with van der Waals surface area (Å²) in [6.07, 6.45) is 8.29. The third-order valence-electron chi connectivity index (χ3n) is 2.53. The summed E-state index contributed by atoms with van der Waals surface area (Å²) in [6, 6.07) is 1.75. The molecule has 3 nitrogen and oxygen atoms in total. The number of hydrogen-bond acceptors (Lipinski definition) is 3. The van der Waals surface area contributed by atoms with Gasteiger partial charge in [-0.25, -0.2) is 0 Å². The SMILES string of the molecule is CCCCCCC(=O)c1cncc(OC)c1. The lowest BCUT2D eigenvalue weighted by molar-refractivity contribution is 0.0978. The van der Waals surface area contributed by atoms with Crippen LogP contribution in [0.2, 0.25) is 0 Å². The number of ketones is 1. The molecule has 0 saturated carbocycles. The van der Waals surface area contributed by atoms with Crippen molar-refractivity contribution < 1.29 is 9.53 Å². The molecule has 0 radical (unpaired) electrons. The zero-order valence-corrected chi connectivity index (χ0v) is 10.0. The number of carbonyl (C=O) groups is 1. The Morgan fingerprint density at radius 3 is 2.81 bits per heavy atom. The van der Waals surface area contributed by atoms with Crippen molar-refractivity contribution in [3.05, 3.63) is 24.0 Å². The second-order valence-electron chi connectivity index (χ2n) is 3.85. The molecule has 0 N–H and O–H groups in total. The van der Waals surface area contributed by atoms with Gasteiger partial charge in [0.25, 0.3) is 0 Å². The molecule has 0 saturated heterocycles. The van der Waals surface area contributed by atoms with Gasteiger partial charge in [0, 0.05) is 18.2 Å². The van der Waals surface area contributed by atoms with Crippen LogP contribution in [0.5, 0.6) is 5.75 Å². The van der Waals surface area contributed by atoms with E-state index in [9.17, 15) is 4.79 Å². The van der Waals surface area contributed by atoms with E-state index >= 15 is 0 Å². The lowest BCUT2D eigenvalue weighted by atomic mass is 10.1. The van der Waals surface area contributed by atoms with Gasteiger partial charge in [-0.3, -0.25) is 9.78 Å². The van der Waals surface area contributed by atoms with Crippen molar-refractivity contribution in [3.63, 3.8) is 0 Å². The van der Waals surface area contributed by atoms with Gasteiger partial charge in [0.05, 0.1) is 13.3 Å². The highest BCUT2D eigenvalue weighted by Gasteiger charge is 2.06. The Kier molecular flexibility index (Phi) is 5.54. The van der Waals surface area contributed by atoms with Crippen molar-refractivity contribution in [1.82, 2.24) is 4.98 Å². The molecule has 0 aliphatic carbocycles. The highest BCUT2D eigenvalue weighted by Crippen LogP contribution is 2.13. The van der Waals surface area contributed by atoms with Crippen molar-refractivity contribution in [3.8, 4) is 5.75 Å². The van der Waals surface area contributed by atoms with Gasteiger partial charge >= 0.3 is 0 Å². The number of carbonyl (C=O) groups excluding carboxylic acids is 1. The molecule has 1 rings (SSSR count). The molecule has 1 aromatic rings. The maximum absolute atomic E-state index is 11.8. The summed E-state index contributed by atoms with van der Waals surface area (Å²) in [7, 11) is 1.58. The van der Waals surface area contributed by atoms with E-state index in [4.69, 9.17) is 4.74 Å². The Labute approximate surface area is 96.8 Å². The third-order valence-corrected chi connectivity index (χ3v) is 2.53. The molecule has 1 aromatic heterocycles. The smallest absolute Gasteiger partial charge is 0.164 e. The average Bonchev–Trinajstić information content (AvgIpc) is 2.34. The Balaban J connectivity index is 2.46. The first-order valence-corrected chi connectivity index (χ1v) is 5.80. The van der Waals surface area contributed by atoms with Gasteiger partial charge in [0.1, 0.15) is 5.75 Å². The van der Waals surface area contributed by atoms with Crippen LogP contribution < -0.4 is 4.74 Å². The van der Waals surface area contributed by atoms with Crippen molar-refractivity contribution in [2.75, 3.05) is 7.11 Å². The quantitative estimate of drug-likeness (QED) is 0.524. The molecule has 88 valence electrons. The minimum absolute atomic E-state index is 0.155. The lowest BCUT2D eigenvalue weighted by Gasteiger charge is -2.03. The van der Waals surface area contributed by atoms with E-state index in [0.29, 0.717) is 17.7 Å². The minimum Gasteiger partial charge on any atom is -0.495 e. The highest BCUT2D eigenvalue weighted by atomic mass is 16.5. The molecule has 1 heterocycles. The molecule has 0 aliphatic heterocycles. The van der Waals surface area contributed by atoms with Crippen molar-refractivity contribution in [2.45, 2.75) is 39.0 Å². The second kappa shape index (κ2) is 6.99. The van der Waals surface area contributed by atoms with E-state index in [-0.39, 0.29) is 5.78 Å². The first kappa shape index (κ1) is 12.7. The molecule has 0 bridgehead atoms. The molecule has 0 aliphatic rings. The Morgan fingerprint density at radius 2 is 2.12 bits per heavy atom. The molecular formula is C13H19NO2. The molecule has 16 heavy (non-hydrogen) atoms. The van der Waals surface area contributed by atoms with Crippen molar-refractivity contribution in [1.29, 1.82) is 0 Å². The van der Waals surface area contributed by atoms with Crippen LogP contribution in [0.15, 0.2) is 18.5 Å².